The van der Waals surface area contributed by atoms with Gasteiger partial charge in [-0.3, -0.25) is 9.59 Å². The Morgan fingerprint density at radius 2 is 2.07 bits per heavy atom. The molecule has 2 N–H and O–H groups in total. The quantitative estimate of drug-likeness (QED) is 0.757. The Hall–Kier alpha value is -1.24. The number of benzene rings is 1. The zero-order valence-electron chi connectivity index (χ0n) is 16.8. The zero-order chi connectivity index (χ0) is 19.2. The normalized spacial score (nSPS) is 20.8. The van der Waals surface area contributed by atoms with E-state index in [1.54, 1.807) is 0 Å². The molecule has 2 fully saturated rings. The highest BCUT2D eigenvalue weighted by Gasteiger charge is 2.24. The lowest BCUT2D eigenvalue weighted by Crippen LogP contribution is -2.38. The second kappa shape index (κ2) is 11.1. The standard InChI is InChI=1S/C21H31N3O2S.ClH/c1-15(17-5-4-8-22-14-17)13-20(25)23-19-7-3-6-18(16(19)2)21(26)24-9-11-27-12-10-24;/h3,6-7,15,17,22H,4-5,8-14H2,1-2H3,(H,23,25);1H. The molecule has 2 atom stereocenters. The number of nitrogens with zero attached hydrogens (tertiary/aromatic N) is 1. The Kier molecular flexibility index (Phi) is 9.12. The fraction of sp³-hybridized carbons (Fsp3) is 0.619. The van der Waals surface area contributed by atoms with E-state index in [-0.39, 0.29) is 24.2 Å². The van der Waals surface area contributed by atoms with Gasteiger partial charge in [0.05, 0.1) is 0 Å². The van der Waals surface area contributed by atoms with E-state index in [2.05, 4.69) is 17.6 Å². The minimum atomic E-state index is 0. The van der Waals surface area contributed by atoms with Gasteiger partial charge in [-0.2, -0.15) is 11.8 Å². The van der Waals surface area contributed by atoms with Gasteiger partial charge in [0.2, 0.25) is 5.91 Å². The number of carbonyl (C=O) groups excluding carboxylic acids is 2. The lowest BCUT2D eigenvalue weighted by atomic mass is 9.85. The SMILES string of the molecule is Cc1c(NC(=O)CC(C)C2CCCNC2)cccc1C(=O)N1CCSCC1.Cl. The monoisotopic (exact) mass is 425 g/mol. The molecule has 2 saturated heterocycles. The summed E-state index contributed by atoms with van der Waals surface area (Å²) in [6.07, 6.45) is 2.90. The number of thioether (sulfide) groups is 1. The number of rotatable bonds is 5. The summed E-state index contributed by atoms with van der Waals surface area (Å²) in [6.45, 7) is 7.78. The molecule has 156 valence electrons. The Balaban J connectivity index is 0.00000280. The van der Waals surface area contributed by atoms with Crippen LogP contribution in [0.25, 0.3) is 0 Å². The summed E-state index contributed by atoms with van der Waals surface area (Å²) >= 11 is 1.89. The van der Waals surface area contributed by atoms with Crippen LogP contribution in [0, 0.1) is 18.8 Å². The maximum atomic E-state index is 12.8. The molecule has 0 aliphatic carbocycles. The average Bonchev–Trinajstić information content (AvgIpc) is 2.70. The first kappa shape index (κ1) is 23.0. The van der Waals surface area contributed by atoms with Crippen molar-refractivity contribution in [1.29, 1.82) is 0 Å². The van der Waals surface area contributed by atoms with E-state index in [0.717, 1.165) is 48.9 Å². The fourth-order valence-corrected chi connectivity index (χ4v) is 4.87. The second-order valence-corrected chi connectivity index (χ2v) is 8.94. The third-order valence-electron chi connectivity index (χ3n) is 5.78. The first-order chi connectivity index (χ1) is 13.1. The second-order valence-electron chi connectivity index (χ2n) is 7.72. The van der Waals surface area contributed by atoms with Crippen molar-refractivity contribution in [3.8, 4) is 0 Å². The summed E-state index contributed by atoms with van der Waals surface area (Å²) in [4.78, 5) is 27.3. The van der Waals surface area contributed by atoms with Gasteiger partial charge >= 0.3 is 0 Å². The van der Waals surface area contributed by atoms with Crippen molar-refractivity contribution in [1.82, 2.24) is 10.2 Å². The van der Waals surface area contributed by atoms with Gasteiger partial charge in [-0.05, 0) is 62.4 Å². The predicted molar refractivity (Wildman–Crippen MR) is 120 cm³/mol. The van der Waals surface area contributed by atoms with E-state index in [4.69, 9.17) is 0 Å². The van der Waals surface area contributed by atoms with Crippen LogP contribution >= 0.6 is 24.2 Å². The summed E-state index contributed by atoms with van der Waals surface area (Å²) < 4.78 is 0. The number of amides is 2. The van der Waals surface area contributed by atoms with Crippen LogP contribution in [0.3, 0.4) is 0 Å². The third kappa shape index (κ3) is 5.88. The maximum Gasteiger partial charge on any atom is 0.254 e. The third-order valence-corrected chi connectivity index (χ3v) is 6.73. The Bertz CT molecular complexity index is 674. The topological polar surface area (TPSA) is 61.4 Å². The summed E-state index contributed by atoms with van der Waals surface area (Å²) in [6, 6.07) is 5.62. The van der Waals surface area contributed by atoms with E-state index in [1.807, 2.05) is 41.8 Å². The van der Waals surface area contributed by atoms with Crippen LogP contribution in [0.2, 0.25) is 0 Å². The van der Waals surface area contributed by atoms with Gasteiger partial charge in [-0.1, -0.05) is 13.0 Å². The lowest BCUT2D eigenvalue weighted by Gasteiger charge is -2.28. The molecule has 2 aliphatic rings. The van der Waals surface area contributed by atoms with Crippen LogP contribution in [-0.4, -0.2) is 54.4 Å². The number of halogens is 1. The molecule has 28 heavy (non-hydrogen) atoms. The minimum Gasteiger partial charge on any atom is -0.337 e. The van der Waals surface area contributed by atoms with Crippen molar-refractivity contribution in [2.45, 2.75) is 33.1 Å². The molecule has 1 aromatic rings. The Morgan fingerprint density at radius 1 is 1.32 bits per heavy atom. The van der Waals surface area contributed by atoms with E-state index in [9.17, 15) is 9.59 Å². The lowest BCUT2D eigenvalue weighted by molar-refractivity contribution is -0.117. The molecule has 0 radical (unpaired) electrons. The van der Waals surface area contributed by atoms with Crippen molar-refractivity contribution in [2.24, 2.45) is 11.8 Å². The van der Waals surface area contributed by atoms with E-state index in [1.165, 1.54) is 12.8 Å². The molecule has 2 amide bonds. The number of anilines is 1. The highest BCUT2D eigenvalue weighted by molar-refractivity contribution is 7.99. The Labute approximate surface area is 178 Å². The molecule has 0 saturated carbocycles. The molecule has 5 nitrogen and oxygen atoms in total. The fourth-order valence-electron chi connectivity index (χ4n) is 3.96. The first-order valence-corrected chi connectivity index (χ1v) is 11.2. The highest BCUT2D eigenvalue weighted by Crippen LogP contribution is 2.25. The van der Waals surface area contributed by atoms with Crippen LogP contribution < -0.4 is 10.6 Å². The molecule has 3 rings (SSSR count). The molecular formula is C21H32ClN3O2S. The van der Waals surface area contributed by atoms with Crippen molar-refractivity contribution in [2.75, 3.05) is 43.0 Å². The van der Waals surface area contributed by atoms with E-state index >= 15 is 0 Å². The van der Waals surface area contributed by atoms with Crippen LogP contribution in [0.15, 0.2) is 18.2 Å². The molecule has 0 aromatic heterocycles. The van der Waals surface area contributed by atoms with Crippen molar-refractivity contribution < 1.29 is 9.59 Å². The number of hydrogen-bond donors (Lipinski definition) is 2. The van der Waals surface area contributed by atoms with Gasteiger partial charge in [0, 0.05) is 42.3 Å². The number of hydrogen-bond acceptors (Lipinski definition) is 4. The van der Waals surface area contributed by atoms with Gasteiger partial charge in [0.15, 0.2) is 0 Å². The molecule has 0 spiro atoms. The number of piperidine rings is 1. The van der Waals surface area contributed by atoms with Gasteiger partial charge < -0.3 is 15.5 Å². The predicted octanol–water partition coefficient (Wildman–Crippen LogP) is 3.57. The summed E-state index contributed by atoms with van der Waals surface area (Å²) in [7, 11) is 0. The summed E-state index contributed by atoms with van der Waals surface area (Å²) in [5, 5.41) is 6.47. The molecule has 7 heteroatoms. The smallest absolute Gasteiger partial charge is 0.254 e. The van der Waals surface area contributed by atoms with Crippen LogP contribution in [0.4, 0.5) is 5.69 Å². The van der Waals surface area contributed by atoms with Crippen LogP contribution in [0.5, 0.6) is 0 Å². The first-order valence-electron chi connectivity index (χ1n) is 10.0. The summed E-state index contributed by atoms with van der Waals surface area (Å²) in [5.41, 5.74) is 2.32. The maximum absolute atomic E-state index is 12.8. The van der Waals surface area contributed by atoms with E-state index in [0.29, 0.717) is 23.8 Å². The molecule has 0 bridgehead atoms. The minimum absolute atomic E-state index is 0. The molecule has 2 aliphatic heterocycles. The van der Waals surface area contributed by atoms with Gasteiger partial charge in [-0.15, -0.1) is 12.4 Å². The van der Waals surface area contributed by atoms with Crippen molar-refractivity contribution >= 4 is 41.7 Å². The number of carbonyl (C=O) groups is 2. The highest BCUT2D eigenvalue weighted by atomic mass is 35.5. The zero-order valence-corrected chi connectivity index (χ0v) is 18.5. The van der Waals surface area contributed by atoms with Crippen LogP contribution in [0.1, 0.15) is 42.1 Å². The largest absolute Gasteiger partial charge is 0.337 e. The van der Waals surface area contributed by atoms with Crippen molar-refractivity contribution in [3.63, 3.8) is 0 Å². The molecule has 2 heterocycles. The molecule has 2 unspecified atom stereocenters. The summed E-state index contributed by atoms with van der Waals surface area (Å²) in [5.74, 6) is 3.02. The molecule has 1 aromatic carbocycles. The van der Waals surface area contributed by atoms with E-state index < -0.39 is 0 Å². The Morgan fingerprint density at radius 3 is 2.75 bits per heavy atom. The van der Waals surface area contributed by atoms with Crippen LogP contribution in [-0.2, 0) is 4.79 Å². The van der Waals surface area contributed by atoms with Gasteiger partial charge in [0.1, 0.15) is 0 Å². The molecular weight excluding hydrogens is 394 g/mol. The van der Waals surface area contributed by atoms with Crippen molar-refractivity contribution in [3.05, 3.63) is 29.3 Å². The number of nitrogens with one attached hydrogen (secondary N) is 2. The van der Waals surface area contributed by atoms with Gasteiger partial charge in [-0.25, -0.2) is 0 Å². The van der Waals surface area contributed by atoms with Gasteiger partial charge in [0.25, 0.3) is 5.91 Å². The average molecular weight is 426 g/mol.